The van der Waals surface area contributed by atoms with E-state index in [0.29, 0.717) is 0 Å². The molecule has 0 N–H and O–H groups in total. The predicted molar refractivity (Wildman–Crippen MR) is 157 cm³/mol. The van der Waals surface area contributed by atoms with Crippen molar-refractivity contribution in [2.24, 2.45) is 9.98 Å². The molecule has 0 aliphatic heterocycles. The average molecular weight is 541 g/mol. The maximum atomic E-state index is 5.12. The van der Waals surface area contributed by atoms with E-state index >= 15 is 0 Å². The van der Waals surface area contributed by atoms with Gasteiger partial charge >= 0.3 is 0 Å². The van der Waals surface area contributed by atoms with Crippen LogP contribution in [0.25, 0.3) is 0 Å². The number of aromatic nitrogens is 1. The molecule has 0 atom stereocenters. The summed E-state index contributed by atoms with van der Waals surface area (Å²) >= 11 is 0. The summed E-state index contributed by atoms with van der Waals surface area (Å²) in [7, 11) is 0. The van der Waals surface area contributed by atoms with Crippen LogP contribution in [-0.2, 0) is 55.3 Å². The van der Waals surface area contributed by atoms with Crippen molar-refractivity contribution in [3.63, 3.8) is 0 Å². The molecular weight excluding hydrogens is 497 g/mol. The number of hydrogen-bond donors (Lipinski definition) is 0. The van der Waals surface area contributed by atoms with Crippen LogP contribution in [0.1, 0.15) is 100 Å². The topological polar surface area (TPSA) is 37.6 Å². The number of benzene rings is 2. The van der Waals surface area contributed by atoms with Crippen molar-refractivity contribution < 1.29 is 16.8 Å². The van der Waals surface area contributed by atoms with E-state index in [-0.39, 0.29) is 16.8 Å². The predicted octanol–water partition coefficient (Wildman–Crippen LogP) is 8.73. The first-order valence-electron chi connectivity index (χ1n) is 13.8. The summed E-state index contributed by atoms with van der Waals surface area (Å²) in [5.74, 6) is 0. The van der Waals surface area contributed by atoms with E-state index in [1.54, 1.807) is 0 Å². The van der Waals surface area contributed by atoms with E-state index in [9.17, 15) is 0 Å². The first-order valence-corrected chi connectivity index (χ1v) is 13.8. The maximum Gasteiger partial charge on any atom is 0.0849 e. The molecule has 0 fully saturated rings. The molecule has 0 spiro atoms. The van der Waals surface area contributed by atoms with Gasteiger partial charge in [-0.3, -0.25) is 9.98 Å². The largest absolute Gasteiger partial charge is 0.251 e. The third kappa shape index (κ3) is 7.27. The van der Waals surface area contributed by atoms with E-state index in [1.807, 2.05) is 0 Å². The Hall–Kier alpha value is -2.56. The maximum absolute atomic E-state index is 5.12. The van der Waals surface area contributed by atoms with Crippen LogP contribution >= 0.6 is 0 Å². The van der Waals surface area contributed by atoms with Crippen molar-refractivity contribution in [2.75, 3.05) is 0 Å². The van der Waals surface area contributed by atoms with Crippen LogP contribution in [0.5, 0.6) is 0 Å². The van der Waals surface area contributed by atoms with E-state index in [4.69, 9.17) is 15.0 Å². The van der Waals surface area contributed by atoms with E-state index in [2.05, 4.69) is 97.9 Å². The van der Waals surface area contributed by atoms with Crippen LogP contribution in [0.3, 0.4) is 0 Å². The van der Waals surface area contributed by atoms with E-state index in [1.165, 1.54) is 33.4 Å². The Bertz CT molecular complexity index is 1130. The van der Waals surface area contributed by atoms with Gasteiger partial charge in [0.05, 0.1) is 34.2 Å². The summed E-state index contributed by atoms with van der Waals surface area (Å²) in [6.45, 7) is 17.4. The second-order valence-corrected chi connectivity index (χ2v) is 9.45. The average Bonchev–Trinajstić information content (AvgIpc) is 2.92. The number of nitrogens with zero attached hydrogens (tertiary/aromatic N) is 3. The van der Waals surface area contributed by atoms with E-state index in [0.717, 1.165) is 72.7 Å². The van der Waals surface area contributed by atoms with Crippen LogP contribution in [0.2, 0.25) is 0 Å². The minimum Gasteiger partial charge on any atom is -0.251 e. The standard InChI is InChI=1S/C33H43N3.Co/c1-9-24-18-26(11-3)32(27(12-4)19-24)34-22(7)30-16-15-17-31(36-30)23(8)35-33-28(13-5)20-25(10-2)21-29(33)14-6;/h15-21H,9-14H2,1-8H3;. The Kier molecular flexibility index (Phi) is 11.9. The molecule has 199 valence electrons. The van der Waals surface area contributed by atoms with Gasteiger partial charge in [-0.05, 0) is 97.9 Å². The van der Waals surface area contributed by atoms with Crippen LogP contribution in [0.4, 0.5) is 11.4 Å². The van der Waals surface area contributed by atoms with Crippen LogP contribution in [0, 0.1) is 0 Å². The number of aliphatic imine (C=N–C) groups is 2. The first kappa shape index (κ1) is 30.7. The molecule has 1 aromatic heterocycles. The molecule has 4 heteroatoms. The Morgan fingerprint density at radius 1 is 0.568 bits per heavy atom. The number of aryl methyl sites for hydroxylation is 6. The van der Waals surface area contributed by atoms with Crippen LogP contribution in [-0.4, -0.2) is 16.4 Å². The molecule has 1 radical (unpaired) electrons. The van der Waals surface area contributed by atoms with Crippen LogP contribution in [0.15, 0.2) is 52.4 Å². The van der Waals surface area contributed by atoms with Crippen molar-refractivity contribution in [2.45, 2.75) is 93.9 Å². The molecule has 37 heavy (non-hydrogen) atoms. The van der Waals surface area contributed by atoms with Gasteiger partial charge in [0.15, 0.2) is 0 Å². The zero-order valence-electron chi connectivity index (χ0n) is 24.0. The molecule has 3 aromatic rings. The number of hydrogen-bond acceptors (Lipinski definition) is 3. The Balaban J connectivity index is 0.00000481. The zero-order chi connectivity index (χ0) is 26.2. The molecule has 0 amide bonds. The van der Waals surface area contributed by atoms with Gasteiger partial charge in [0.2, 0.25) is 0 Å². The molecule has 0 saturated carbocycles. The Labute approximate surface area is 235 Å². The van der Waals surface area contributed by atoms with Crippen molar-refractivity contribution in [1.29, 1.82) is 0 Å². The van der Waals surface area contributed by atoms with Gasteiger partial charge in [0.25, 0.3) is 0 Å². The van der Waals surface area contributed by atoms with E-state index < -0.39 is 0 Å². The second kappa shape index (κ2) is 14.4. The van der Waals surface area contributed by atoms with Gasteiger partial charge < -0.3 is 0 Å². The number of rotatable bonds is 10. The van der Waals surface area contributed by atoms with Crippen molar-refractivity contribution >= 4 is 22.8 Å². The van der Waals surface area contributed by atoms with Gasteiger partial charge in [0.1, 0.15) is 0 Å². The van der Waals surface area contributed by atoms with Gasteiger partial charge in [-0.1, -0.05) is 71.9 Å². The van der Waals surface area contributed by atoms with Crippen LogP contribution < -0.4 is 0 Å². The molecule has 0 aliphatic carbocycles. The van der Waals surface area contributed by atoms with Crippen molar-refractivity contribution in [1.82, 2.24) is 4.98 Å². The van der Waals surface area contributed by atoms with Crippen molar-refractivity contribution in [3.05, 3.63) is 87.2 Å². The Morgan fingerprint density at radius 2 is 0.892 bits per heavy atom. The van der Waals surface area contributed by atoms with Gasteiger partial charge in [-0.25, -0.2) is 4.98 Å². The van der Waals surface area contributed by atoms with Crippen molar-refractivity contribution in [3.8, 4) is 0 Å². The summed E-state index contributed by atoms with van der Waals surface area (Å²) in [6.07, 6.45) is 5.99. The van der Waals surface area contributed by atoms with Gasteiger partial charge in [-0.2, -0.15) is 0 Å². The molecule has 3 nitrogen and oxygen atoms in total. The Morgan fingerprint density at radius 3 is 1.16 bits per heavy atom. The fourth-order valence-electron chi connectivity index (χ4n) is 4.73. The smallest absolute Gasteiger partial charge is 0.0849 e. The second-order valence-electron chi connectivity index (χ2n) is 9.45. The zero-order valence-corrected chi connectivity index (χ0v) is 25.0. The molecule has 0 bridgehead atoms. The normalized spacial score (nSPS) is 12.0. The molecule has 0 aliphatic rings. The fraction of sp³-hybridized carbons (Fsp3) is 0.424. The summed E-state index contributed by atoms with van der Waals surface area (Å²) in [5, 5.41) is 0. The molecule has 3 rings (SSSR count). The minimum atomic E-state index is 0. The van der Waals surface area contributed by atoms with Gasteiger partial charge in [0, 0.05) is 16.8 Å². The molecule has 1 heterocycles. The number of pyridine rings is 1. The molecule has 2 aromatic carbocycles. The molecule has 0 unspecified atom stereocenters. The monoisotopic (exact) mass is 540 g/mol. The summed E-state index contributed by atoms with van der Waals surface area (Å²) in [4.78, 5) is 15.2. The summed E-state index contributed by atoms with van der Waals surface area (Å²) in [5.41, 5.74) is 13.9. The third-order valence-electron chi connectivity index (χ3n) is 7.04. The third-order valence-corrected chi connectivity index (χ3v) is 7.04. The minimum absolute atomic E-state index is 0. The summed E-state index contributed by atoms with van der Waals surface area (Å²) in [6, 6.07) is 15.4. The summed E-state index contributed by atoms with van der Waals surface area (Å²) < 4.78 is 0. The quantitative estimate of drug-likeness (QED) is 0.237. The fourth-order valence-corrected chi connectivity index (χ4v) is 4.73. The SMILES string of the molecule is CCc1cc(CC)c(N=C(C)c2cccc(C(C)=Nc3c(CC)cc(CC)cc3CC)n2)c(CC)c1.[Co]. The molecular formula is C33H43CoN3. The first-order chi connectivity index (χ1) is 17.4. The van der Waals surface area contributed by atoms with Gasteiger partial charge in [-0.15, -0.1) is 0 Å². The molecule has 0 saturated heterocycles.